The predicted octanol–water partition coefficient (Wildman–Crippen LogP) is 2.38. The van der Waals surface area contributed by atoms with E-state index in [9.17, 15) is 9.90 Å². The molecule has 0 saturated heterocycles. The van der Waals surface area contributed by atoms with Crippen molar-refractivity contribution in [3.63, 3.8) is 0 Å². The van der Waals surface area contributed by atoms with E-state index in [-0.39, 0.29) is 23.0 Å². The first-order valence-corrected chi connectivity index (χ1v) is 5.87. The predicted molar refractivity (Wildman–Crippen MR) is 72.4 cm³/mol. The lowest BCUT2D eigenvalue weighted by Gasteiger charge is -2.08. The molecule has 0 bridgehead atoms. The Bertz CT molecular complexity index is 602. The second kappa shape index (κ2) is 5.05. The van der Waals surface area contributed by atoms with Gasteiger partial charge in [0.25, 0.3) is 5.91 Å². The van der Waals surface area contributed by atoms with Gasteiger partial charge in [0.15, 0.2) is 0 Å². The molecule has 0 radical (unpaired) electrons. The molecule has 0 fully saturated rings. The number of rotatable bonds is 2. The van der Waals surface area contributed by atoms with Crippen molar-refractivity contribution >= 4 is 33.2 Å². The SMILES string of the molecule is Nc1cc(O)ccc1NC(=O)c1ncccc1Br. The van der Waals surface area contributed by atoms with E-state index in [1.165, 1.54) is 24.4 Å². The van der Waals surface area contributed by atoms with Crippen molar-refractivity contribution in [3.05, 3.63) is 46.7 Å². The van der Waals surface area contributed by atoms with Gasteiger partial charge >= 0.3 is 0 Å². The van der Waals surface area contributed by atoms with Crippen LogP contribution in [0.4, 0.5) is 11.4 Å². The van der Waals surface area contributed by atoms with Crippen LogP contribution in [-0.2, 0) is 0 Å². The Morgan fingerprint density at radius 3 is 2.83 bits per heavy atom. The summed E-state index contributed by atoms with van der Waals surface area (Å²) in [6.07, 6.45) is 1.53. The van der Waals surface area contributed by atoms with Gasteiger partial charge in [0.05, 0.1) is 11.4 Å². The van der Waals surface area contributed by atoms with Gasteiger partial charge in [-0.2, -0.15) is 0 Å². The van der Waals surface area contributed by atoms with Crippen molar-refractivity contribution in [3.8, 4) is 5.75 Å². The van der Waals surface area contributed by atoms with Crippen LogP contribution < -0.4 is 11.1 Å². The van der Waals surface area contributed by atoms with Crippen LogP contribution in [0.25, 0.3) is 0 Å². The largest absolute Gasteiger partial charge is 0.508 e. The minimum absolute atomic E-state index is 0.0458. The third-order valence-electron chi connectivity index (χ3n) is 2.26. The summed E-state index contributed by atoms with van der Waals surface area (Å²) >= 11 is 3.25. The molecule has 0 atom stereocenters. The maximum Gasteiger partial charge on any atom is 0.275 e. The monoisotopic (exact) mass is 307 g/mol. The molecular weight excluding hydrogens is 298 g/mol. The van der Waals surface area contributed by atoms with Crippen LogP contribution in [0.1, 0.15) is 10.5 Å². The van der Waals surface area contributed by atoms with Gasteiger partial charge in [-0.05, 0) is 40.2 Å². The lowest BCUT2D eigenvalue weighted by atomic mass is 10.2. The number of carbonyl (C=O) groups is 1. The number of phenols is 1. The van der Waals surface area contributed by atoms with E-state index in [4.69, 9.17) is 5.73 Å². The Morgan fingerprint density at radius 1 is 1.39 bits per heavy atom. The normalized spacial score (nSPS) is 10.1. The highest BCUT2D eigenvalue weighted by Gasteiger charge is 2.12. The lowest BCUT2D eigenvalue weighted by molar-refractivity contribution is 0.102. The molecule has 0 saturated carbocycles. The minimum Gasteiger partial charge on any atom is -0.508 e. The zero-order valence-electron chi connectivity index (χ0n) is 9.22. The van der Waals surface area contributed by atoms with Gasteiger partial charge in [-0.25, -0.2) is 4.98 Å². The molecule has 2 rings (SSSR count). The number of carbonyl (C=O) groups excluding carboxylic acids is 1. The molecule has 2 aromatic rings. The fraction of sp³-hybridized carbons (Fsp3) is 0. The quantitative estimate of drug-likeness (QED) is 0.587. The summed E-state index contributed by atoms with van der Waals surface area (Å²) in [4.78, 5) is 15.9. The number of hydrogen-bond donors (Lipinski definition) is 3. The molecule has 0 aliphatic rings. The Kier molecular flexibility index (Phi) is 3.47. The van der Waals surface area contributed by atoms with E-state index in [1.54, 1.807) is 12.1 Å². The van der Waals surface area contributed by atoms with E-state index in [2.05, 4.69) is 26.2 Å². The number of nitrogens with two attached hydrogens (primary N) is 1. The second-order valence-electron chi connectivity index (χ2n) is 3.56. The van der Waals surface area contributed by atoms with Gasteiger partial charge < -0.3 is 16.2 Å². The van der Waals surface area contributed by atoms with E-state index >= 15 is 0 Å². The number of aromatic nitrogens is 1. The van der Waals surface area contributed by atoms with Crippen LogP contribution in [0, 0.1) is 0 Å². The molecule has 0 aliphatic heterocycles. The third kappa shape index (κ3) is 2.60. The molecule has 0 unspecified atom stereocenters. The highest BCUT2D eigenvalue weighted by atomic mass is 79.9. The van der Waals surface area contributed by atoms with Crippen molar-refractivity contribution in [2.45, 2.75) is 0 Å². The summed E-state index contributed by atoms with van der Waals surface area (Å²) in [5.74, 6) is -0.329. The lowest BCUT2D eigenvalue weighted by Crippen LogP contribution is -2.15. The van der Waals surface area contributed by atoms with Crippen LogP contribution in [-0.4, -0.2) is 16.0 Å². The average molecular weight is 308 g/mol. The number of aromatic hydroxyl groups is 1. The zero-order valence-corrected chi connectivity index (χ0v) is 10.8. The van der Waals surface area contributed by atoms with Crippen LogP contribution in [0.2, 0.25) is 0 Å². The van der Waals surface area contributed by atoms with Crippen LogP contribution in [0.3, 0.4) is 0 Å². The Balaban J connectivity index is 2.24. The number of amides is 1. The number of anilines is 2. The van der Waals surface area contributed by atoms with Crippen LogP contribution in [0.5, 0.6) is 5.75 Å². The maximum atomic E-state index is 12.0. The Morgan fingerprint density at radius 2 is 2.17 bits per heavy atom. The smallest absolute Gasteiger partial charge is 0.275 e. The number of hydrogen-bond acceptors (Lipinski definition) is 4. The highest BCUT2D eigenvalue weighted by molar-refractivity contribution is 9.10. The molecule has 0 aliphatic carbocycles. The first-order valence-electron chi connectivity index (χ1n) is 5.08. The highest BCUT2D eigenvalue weighted by Crippen LogP contribution is 2.24. The maximum absolute atomic E-state index is 12.0. The van der Waals surface area contributed by atoms with E-state index in [1.807, 2.05) is 0 Å². The second-order valence-corrected chi connectivity index (χ2v) is 4.41. The molecule has 92 valence electrons. The number of nitrogens with zero attached hydrogens (tertiary/aromatic N) is 1. The summed E-state index contributed by atoms with van der Waals surface area (Å²) in [5, 5.41) is 11.8. The van der Waals surface area contributed by atoms with Crippen molar-refractivity contribution < 1.29 is 9.90 Å². The summed E-state index contributed by atoms with van der Waals surface area (Å²) in [7, 11) is 0. The first-order chi connectivity index (χ1) is 8.58. The molecule has 6 heteroatoms. The Hall–Kier alpha value is -2.08. The van der Waals surface area contributed by atoms with Crippen LogP contribution in [0.15, 0.2) is 41.0 Å². The van der Waals surface area contributed by atoms with E-state index in [0.717, 1.165) is 0 Å². The number of benzene rings is 1. The summed E-state index contributed by atoms with van der Waals surface area (Å²) in [6.45, 7) is 0. The van der Waals surface area contributed by atoms with Gasteiger partial charge in [0.1, 0.15) is 11.4 Å². The van der Waals surface area contributed by atoms with Crippen LogP contribution >= 0.6 is 15.9 Å². The zero-order chi connectivity index (χ0) is 13.1. The summed E-state index contributed by atoms with van der Waals surface area (Å²) in [5.41, 5.74) is 6.66. The molecule has 5 nitrogen and oxygen atoms in total. The first kappa shape index (κ1) is 12.4. The molecule has 1 amide bonds. The molecular formula is C12H10BrN3O2. The van der Waals surface area contributed by atoms with Gasteiger partial charge in [-0.1, -0.05) is 0 Å². The van der Waals surface area contributed by atoms with E-state index in [0.29, 0.717) is 10.2 Å². The Labute approximate surface area is 112 Å². The molecule has 4 N–H and O–H groups in total. The number of pyridine rings is 1. The number of phenolic OH excluding ortho intramolecular Hbond substituents is 1. The fourth-order valence-corrected chi connectivity index (χ4v) is 1.83. The average Bonchev–Trinajstić information content (AvgIpc) is 2.33. The standard InChI is InChI=1S/C12H10BrN3O2/c13-8-2-1-5-15-11(8)12(18)16-10-4-3-7(17)6-9(10)14/h1-6,17H,14H2,(H,16,18). The fourth-order valence-electron chi connectivity index (χ4n) is 1.40. The molecule has 1 aromatic carbocycles. The van der Waals surface area contributed by atoms with Crippen molar-refractivity contribution in [2.24, 2.45) is 0 Å². The molecule has 0 spiro atoms. The molecule has 18 heavy (non-hydrogen) atoms. The molecule has 1 aromatic heterocycles. The van der Waals surface area contributed by atoms with Gasteiger partial charge in [-0.3, -0.25) is 4.79 Å². The third-order valence-corrected chi connectivity index (χ3v) is 2.90. The van der Waals surface area contributed by atoms with E-state index < -0.39 is 0 Å². The number of nitrogens with one attached hydrogen (secondary N) is 1. The summed E-state index contributed by atoms with van der Waals surface area (Å²) < 4.78 is 0.597. The van der Waals surface area contributed by atoms with Gasteiger partial charge in [-0.15, -0.1) is 0 Å². The van der Waals surface area contributed by atoms with Gasteiger partial charge in [0.2, 0.25) is 0 Å². The summed E-state index contributed by atoms with van der Waals surface area (Å²) in [6, 6.07) is 7.78. The van der Waals surface area contributed by atoms with Gasteiger partial charge in [0, 0.05) is 16.7 Å². The number of nitrogen functional groups attached to an aromatic ring is 1. The topological polar surface area (TPSA) is 88.2 Å². The van der Waals surface area contributed by atoms with Crippen molar-refractivity contribution in [1.29, 1.82) is 0 Å². The number of halogens is 1. The minimum atomic E-state index is -0.375. The molecule has 1 heterocycles. The van der Waals surface area contributed by atoms with Crippen molar-refractivity contribution in [1.82, 2.24) is 4.98 Å². The van der Waals surface area contributed by atoms with Crippen molar-refractivity contribution in [2.75, 3.05) is 11.1 Å².